The van der Waals surface area contributed by atoms with E-state index in [1.54, 1.807) is 7.05 Å². The minimum Gasteiger partial charge on any atom is -0.355 e. The van der Waals surface area contributed by atoms with E-state index in [0.717, 1.165) is 11.0 Å². The van der Waals surface area contributed by atoms with E-state index < -0.39 is 0 Å². The van der Waals surface area contributed by atoms with Gasteiger partial charge in [0.2, 0.25) is 5.91 Å². The molecule has 0 spiro atoms. The molecule has 7 nitrogen and oxygen atoms in total. The van der Waals surface area contributed by atoms with Crippen molar-refractivity contribution in [3.63, 3.8) is 0 Å². The largest absolute Gasteiger partial charge is 0.355 e. The van der Waals surface area contributed by atoms with Crippen LogP contribution in [0.4, 0.5) is 0 Å². The van der Waals surface area contributed by atoms with Crippen LogP contribution in [0, 0.1) is 0 Å². The number of rotatable bonds is 3. The van der Waals surface area contributed by atoms with Crippen LogP contribution in [-0.2, 0) is 25.4 Å². The van der Waals surface area contributed by atoms with Gasteiger partial charge in [-0.3, -0.25) is 18.7 Å². The predicted octanol–water partition coefficient (Wildman–Crippen LogP) is -1.55. The lowest BCUT2D eigenvalue weighted by Crippen LogP contribution is -2.46. The number of hydrogen-bond donors (Lipinski definition) is 2. The van der Waals surface area contributed by atoms with Crippen molar-refractivity contribution in [2.24, 2.45) is 14.1 Å². The quantitative estimate of drug-likeness (QED) is 0.694. The molecule has 1 unspecified atom stereocenters. The maximum absolute atomic E-state index is 11.7. The Balaban J connectivity index is 2.06. The standard InChI is InChI=1S/C12H18N4O3/c1-15-9(5-11(18)16(2)12(15)19)7-13-8-3-4-10(17)14-6-8/h5,8,13H,3-4,6-7H2,1-2H3,(H,14,17). The molecular weight excluding hydrogens is 248 g/mol. The van der Waals surface area contributed by atoms with Crippen LogP contribution in [0.1, 0.15) is 18.5 Å². The third kappa shape index (κ3) is 2.93. The third-order valence-electron chi connectivity index (χ3n) is 3.46. The van der Waals surface area contributed by atoms with Gasteiger partial charge < -0.3 is 10.6 Å². The highest BCUT2D eigenvalue weighted by Crippen LogP contribution is 2.03. The van der Waals surface area contributed by atoms with Crippen LogP contribution in [0.25, 0.3) is 0 Å². The van der Waals surface area contributed by atoms with E-state index in [1.807, 2.05) is 0 Å². The number of carbonyl (C=O) groups is 1. The molecule has 0 aliphatic carbocycles. The van der Waals surface area contributed by atoms with Gasteiger partial charge in [0.15, 0.2) is 0 Å². The first-order valence-corrected chi connectivity index (χ1v) is 6.25. The number of carbonyl (C=O) groups excluding carboxylic acids is 1. The van der Waals surface area contributed by atoms with Gasteiger partial charge in [-0.05, 0) is 6.42 Å². The number of piperidine rings is 1. The Morgan fingerprint density at radius 1 is 1.32 bits per heavy atom. The number of hydrogen-bond acceptors (Lipinski definition) is 4. The molecule has 1 aliphatic rings. The second kappa shape index (κ2) is 5.40. The van der Waals surface area contributed by atoms with E-state index in [1.165, 1.54) is 17.7 Å². The zero-order chi connectivity index (χ0) is 14.0. The van der Waals surface area contributed by atoms with Gasteiger partial charge in [0, 0.05) is 51.4 Å². The van der Waals surface area contributed by atoms with Crippen molar-refractivity contribution in [2.75, 3.05) is 6.54 Å². The molecule has 1 amide bonds. The van der Waals surface area contributed by atoms with E-state index in [9.17, 15) is 14.4 Å². The topological polar surface area (TPSA) is 85.1 Å². The SMILES string of the molecule is Cn1c(CNC2CCC(=O)NC2)cc(=O)n(C)c1=O. The summed E-state index contributed by atoms with van der Waals surface area (Å²) in [7, 11) is 3.10. The highest BCUT2D eigenvalue weighted by Gasteiger charge is 2.17. The van der Waals surface area contributed by atoms with Crippen molar-refractivity contribution in [1.29, 1.82) is 0 Å². The summed E-state index contributed by atoms with van der Waals surface area (Å²) in [6.45, 7) is 1.01. The molecule has 0 radical (unpaired) electrons. The lowest BCUT2D eigenvalue weighted by Gasteiger charge is -2.24. The molecule has 1 aromatic heterocycles. The Bertz CT molecular complexity index is 592. The Labute approximate surface area is 110 Å². The molecule has 1 saturated heterocycles. The van der Waals surface area contributed by atoms with Gasteiger partial charge in [0.05, 0.1) is 0 Å². The summed E-state index contributed by atoms with van der Waals surface area (Å²) < 4.78 is 2.53. The summed E-state index contributed by atoms with van der Waals surface area (Å²) in [6.07, 6.45) is 1.28. The molecule has 1 aliphatic heterocycles. The average molecular weight is 266 g/mol. The van der Waals surface area contributed by atoms with E-state index in [0.29, 0.717) is 25.2 Å². The highest BCUT2D eigenvalue weighted by atomic mass is 16.2. The maximum atomic E-state index is 11.7. The number of amides is 1. The van der Waals surface area contributed by atoms with Gasteiger partial charge >= 0.3 is 5.69 Å². The van der Waals surface area contributed by atoms with Gasteiger partial charge in [-0.15, -0.1) is 0 Å². The molecule has 7 heteroatoms. The van der Waals surface area contributed by atoms with Crippen LogP contribution in [0.3, 0.4) is 0 Å². The Morgan fingerprint density at radius 2 is 2.05 bits per heavy atom. The van der Waals surface area contributed by atoms with E-state index in [2.05, 4.69) is 10.6 Å². The van der Waals surface area contributed by atoms with Crippen LogP contribution in [0.15, 0.2) is 15.7 Å². The molecule has 0 saturated carbocycles. The van der Waals surface area contributed by atoms with Gasteiger partial charge in [0.1, 0.15) is 0 Å². The normalized spacial score (nSPS) is 19.3. The Hall–Kier alpha value is -1.89. The molecule has 0 aromatic carbocycles. The van der Waals surface area contributed by atoms with E-state index >= 15 is 0 Å². The molecule has 1 fully saturated rings. The van der Waals surface area contributed by atoms with Gasteiger partial charge in [-0.25, -0.2) is 4.79 Å². The van der Waals surface area contributed by atoms with Crippen LogP contribution in [0.5, 0.6) is 0 Å². The summed E-state index contributed by atoms with van der Waals surface area (Å²) in [5.41, 5.74) is 0.00286. The summed E-state index contributed by atoms with van der Waals surface area (Å²) in [5.74, 6) is 0.0685. The maximum Gasteiger partial charge on any atom is 0.330 e. The van der Waals surface area contributed by atoms with Crippen molar-refractivity contribution >= 4 is 5.91 Å². The van der Waals surface area contributed by atoms with Crippen molar-refractivity contribution in [3.8, 4) is 0 Å². The molecule has 0 bridgehead atoms. The second-order valence-electron chi connectivity index (χ2n) is 4.80. The lowest BCUT2D eigenvalue weighted by atomic mass is 10.1. The molecule has 2 heterocycles. The van der Waals surface area contributed by atoms with Crippen LogP contribution in [-0.4, -0.2) is 27.6 Å². The van der Waals surface area contributed by atoms with Crippen molar-refractivity contribution in [2.45, 2.75) is 25.4 Å². The fourth-order valence-corrected chi connectivity index (χ4v) is 2.10. The summed E-state index contributed by atoms with van der Waals surface area (Å²) in [4.78, 5) is 34.4. The van der Waals surface area contributed by atoms with Crippen molar-refractivity contribution in [3.05, 3.63) is 32.6 Å². The van der Waals surface area contributed by atoms with Crippen LogP contribution < -0.4 is 21.9 Å². The minimum atomic E-state index is -0.332. The average Bonchev–Trinajstić information content (AvgIpc) is 2.41. The highest BCUT2D eigenvalue weighted by molar-refractivity contribution is 5.76. The molecule has 104 valence electrons. The number of nitrogens with one attached hydrogen (secondary N) is 2. The van der Waals surface area contributed by atoms with Gasteiger partial charge in [0.25, 0.3) is 5.56 Å². The second-order valence-corrected chi connectivity index (χ2v) is 4.80. The minimum absolute atomic E-state index is 0.0685. The first-order chi connectivity index (χ1) is 8.99. The van der Waals surface area contributed by atoms with E-state index in [4.69, 9.17) is 0 Å². The fraction of sp³-hybridized carbons (Fsp3) is 0.583. The Morgan fingerprint density at radius 3 is 2.68 bits per heavy atom. The smallest absolute Gasteiger partial charge is 0.330 e. The molecule has 19 heavy (non-hydrogen) atoms. The summed E-state index contributed by atoms with van der Waals surface area (Å²) in [5, 5.41) is 6.03. The lowest BCUT2D eigenvalue weighted by molar-refractivity contribution is -0.122. The zero-order valence-electron chi connectivity index (χ0n) is 11.1. The molecule has 2 N–H and O–H groups in total. The summed E-state index contributed by atoms with van der Waals surface area (Å²) in [6, 6.07) is 1.63. The monoisotopic (exact) mass is 266 g/mol. The van der Waals surface area contributed by atoms with Gasteiger partial charge in [-0.1, -0.05) is 0 Å². The molecule has 1 aromatic rings. The number of aromatic nitrogens is 2. The first kappa shape index (κ1) is 13.5. The zero-order valence-corrected chi connectivity index (χ0v) is 11.1. The number of nitrogens with zero attached hydrogens (tertiary/aromatic N) is 2. The molecular formula is C12H18N4O3. The fourth-order valence-electron chi connectivity index (χ4n) is 2.10. The van der Waals surface area contributed by atoms with Gasteiger partial charge in [-0.2, -0.15) is 0 Å². The molecule has 2 rings (SSSR count). The van der Waals surface area contributed by atoms with Crippen LogP contribution >= 0.6 is 0 Å². The third-order valence-corrected chi connectivity index (χ3v) is 3.46. The Kier molecular flexibility index (Phi) is 3.84. The van der Waals surface area contributed by atoms with Crippen molar-refractivity contribution < 1.29 is 4.79 Å². The predicted molar refractivity (Wildman–Crippen MR) is 69.8 cm³/mol. The first-order valence-electron chi connectivity index (χ1n) is 6.25. The van der Waals surface area contributed by atoms with E-state index in [-0.39, 0.29) is 23.2 Å². The van der Waals surface area contributed by atoms with Crippen molar-refractivity contribution in [1.82, 2.24) is 19.8 Å². The molecule has 1 atom stereocenters. The summed E-state index contributed by atoms with van der Waals surface area (Å²) >= 11 is 0. The van der Waals surface area contributed by atoms with Crippen LogP contribution in [0.2, 0.25) is 0 Å².